The quantitative estimate of drug-likeness (QED) is 0.792. The van der Waals surface area contributed by atoms with E-state index in [2.05, 4.69) is 21.2 Å². The molecule has 0 spiro atoms. The average molecular weight is 375 g/mol. The third kappa shape index (κ3) is 3.66. The van der Waals surface area contributed by atoms with E-state index in [9.17, 15) is 9.90 Å². The lowest BCUT2D eigenvalue weighted by Gasteiger charge is -2.18. The maximum absolute atomic E-state index is 11.5. The zero-order valence-corrected chi connectivity index (χ0v) is 13.2. The molecule has 0 radical (unpaired) electrons. The van der Waals surface area contributed by atoms with Crippen LogP contribution in [0.3, 0.4) is 0 Å². The Kier molecular flexibility index (Phi) is 4.91. The smallest absolute Gasteiger partial charge is 0.330 e. The van der Waals surface area contributed by atoms with E-state index in [1.165, 1.54) is 0 Å². The van der Waals surface area contributed by atoms with Crippen molar-refractivity contribution in [1.82, 2.24) is 0 Å². The van der Waals surface area contributed by atoms with Gasteiger partial charge in [0, 0.05) is 20.2 Å². The van der Waals surface area contributed by atoms with Gasteiger partial charge in [0.2, 0.25) is 0 Å². The third-order valence-corrected chi connectivity index (χ3v) is 3.81. The Labute approximate surface area is 134 Å². The van der Waals surface area contributed by atoms with Gasteiger partial charge in [0.25, 0.3) is 0 Å². The maximum atomic E-state index is 11.5. The minimum atomic E-state index is -0.993. The summed E-state index contributed by atoms with van der Waals surface area (Å²) in [6.45, 7) is 0. The van der Waals surface area contributed by atoms with Gasteiger partial charge in [-0.3, -0.25) is 0 Å². The fraction of sp³-hybridized carbons (Fsp3) is 0.0714. The van der Waals surface area contributed by atoms with E-state index in [0.717, 1.165) is 0 Å². The van der Waals surface area contributed by atoms with Crippen LogP contribution in [0.2, 0.25) is 10.0 Å². The second-order valence-corrected chi connectivity index (χ2v) is 5.82. The predicted octanol–water partition coefficient (Wildman–Crippen LogP) is 4.99. The SMILES string of the molecule is O=C(O)C(Nc1cccc(Cl)c1)c1ccc(Cl)cc1Br. The van der Waals surface area contributed by atoms with Crippen molar-refractivity contribution >= 4 is 50.8 Å². The van der Waals surface area contributed by atoms with Crippen LogP contribution < -0.4 is 5.32 Å². The van der Waals surface area contributed by atoms with Crippen LogP contribution >= 0.6 is 39.1 Å². The standard InChI is InChI=1S/C14H10BrCl2NO2/c15-12-7-9(17)4-5-11(12)13(14(19)20)18-10-3-1-2-8(16)6-10/h1-7,13,18H,(H,19,20). The number of carboxylic acid groups (broad SMARTS) is 1. The molecule has 2 N–H and O–H groups in total. The van der Waals surface area contributed by atoms with Crippen molar-refractivity contribution in [1.29, 1.82) is 0 Å². The molecule has 2 aromatic rings. The van der Waals surface area contributed by atoms with Crippen LogP contribution in [0.15, 0.2) is 46.9 Å². The molecule has 0 saturated carbocycles. The molecule has 0 amide bonds. The molecule has 0 aromatic heterocycles. The molecule has 1 unspecified atom stereocenters. The highest BCUT2D eigenvalue weighted by atomic mass is 79.9. The van der Waals surface area contributed by atoms with Gasteiger partial charge in [0.1, 0.15) is 0 Å². The number of nitrogens with one attached hydrogen (secondary N) is 1. The molecule has 0 aliphatic heterocycles. The molecule has 0 aliphatic rings. The largest absolute Gasteiger partial charge is 0.479 e. The van der Waals surface area contributed by atoms with Crippen molar-refractivity contribution < 1.29 is 9.90 Å². The lowest BCUT2D eigenvalue weighted by molar-refractivity contribution is -0.138. The van der Waals surface area contributed by atoms with Crippen LogP contribution in [0.5, 0.6) is 0 Å². The molecule has 0 fully saturated rings. The van der Waals surface area contributed by atoms with E-state index in [-0.39, 0.29) is 0 Å². The molecule has 3 nitrogen and oxygen atoms in total. The number of anilines is 1. The average Bonchev–Trinajstić information content (AvgIpc) is 2.36. The fourth-order valence-corrected chi connectivity index (χ4v) is 2.85. The summed E-state index contributed by atoms with van der Waals surface area (Å²) in [4.78, 5) is 11.5. The van der Waals surface area contributed by atoms with Gasteiger partial charge in [-0.15, -0.1) is 0 Å². The Morgan fingerprint density at radius 1 is 1.15 bits per heavy atom. The van der Waals surface area contributed by atoms with Crippen molar-refractivity contribution in [2.24, 2.45) is 0 Å². The second-order valence-electron chi connectivity index (χ2n) is 4.09. The Bertz CT molecular complexity index is 649. The number of carbonyl (C=O) groups is 1. The normalized spacial score (nSPS) is 11.9. The van der Waals surface area contributed by atoms with Crippen LogP contribution in [0.4, 0.5) is 5.69 Å². The third-order valence-electron chi connectivity index (χ3n) is 2.66. The van der Waals surface area contributed by atoms with Crippen molar-refractivity contribution in [3.8, 4) is 0 Å². The zero-order valence-electron chi connectivity index (χ0n) is 10.1. The van der Waals surface area contributed by atoms with Crippen LogP contribution in [0.1, 0.15) is 11.6 Å². The lowest BCUT2D eigenvalue weighted by atomic mass is 10.1. The highest BCUT2D eigenvalue weighted by Crippen LogP contribution is 2.29. The van der Waals surface area contributed by atoms with Gasteiger partial charge in [0.05, 0.1) is 0 Å². The number of halogens is 3. The minimum Gasteiger partial charge on any atom is -0.479 e. The molecule has 0 saturated heterocycles. The van der Waals surface area contributed by atoms with E-state index in [1.54, 1.807) is 42.5 Å². The summed E-state index contributed by atoms with van der Waals surface area (Å²) >= 11 is 15.1. The second kappa shape index (κ2) is 6.48. The summed E-state index contributed by atoms with van der Waals surface area (Å²) in [5.41, 5.74) is 1.22. The summed E-state index contributed by atoms with van der Waals surface area (Å²) in [6, 6.07) is 11.0. The minimum absolute atomic E-state index is 0.535. The molecule has 20 heavy (non-hydrogen) atoms. The van der Waals surface area contributed by atoms with Crippen LogP contribution in [0, 0.1) is 0 Å². The molecule has 1 atom stereocenters. The van der Waals surface area contributed by atoms with Gasteiger partial charge < -0.3 is 10.4 Å². The van der Waals surface area contributed by atoms with Gasteiger partial charge in [-0.2, -0.15) is 0 Å². The first-order valence-electron chi connectivity index (χ1n) is 5.67. The number of aliphatic carboxylic acids is 1. The molecular weight excluding hydrogens is 365 g/mol. The van der Waals surface area contributed by atoms with Gasteiger partial charge in [-0.25, -0.2) is 4.79 Å². The fourth-order valence-electron chi connectivity index (χ4n) is 1.75. The van der Waals surface area contributed by atoms with Crippen molar-refractivity contribution in [2.75, 3.05) is 5.32 Å². The highest BCUT2D eigenvalue weighted by Gasteiger charge is 2.22. The highest BCUT2D eigenvalue weighted by molar-refractivity contribution is 9.10. The molecule has 0 aliphatic carbocycles. The first-order chi connectivity index (χ1) is 9.47. The molecule has 6 heteroatoms. The number of benzene rings is 2. The topological polar surface area (TPSA) is 49.3 Å². The molecular formula is C14H10BrCl2NO2. The van der Waals surface area contributed by atoms with E-state index in [0.29, 0.717) is 25.8 Å². The first kappa shape index (κ1) is 15.2. The van der Waals surface area contributed by atoms with Crippen LogP contribution in [-0.4, -0.2) is 11.1 Å². The summed E-state index contributed by atoms with van der Waals surface area (Å²) in [5.74, 6) is -0.993. The van der Waals surface area contributed by atoms with Crippen molar-refractivity contribution in [2.45, 2.75) is 6.04 Å². The van der Waals surface area contributed by atoms with Gasteiger partial charge in [-0.05, 0) is 35.9 Å². The predicted molar refractivity (Wildman–Crippen MR) is 84.6 cm³/mol. The monoisotopic (exact) mass is 373 g/mol. The van der Waals surface area contributed by atoms with Gasteiger partial charge >= 0.3 is 5.97 Å². The molecule has 2 aromatic carbocycles. The van der Waals surface area contributed by atoms with Crippen LogP contribution in [-0.2, 0) is 4.79 Å². The number of hydrogen-bond donors (Lipinski definition) is 2. The number of rotatable bonds is 4. The summed E-state index contributed by atoms with van der Waals surface area (Å²) in [6.07, 6.45) is 0. The Morgan fingerprint density at radius 2 is 1.85 bits per heavy atom. The number of carboxylic acids is 1. The molecule has 0 heterocycles. The molecule has 0 bridgehead atoms. The first-order valence-corrected chi connectivity index (χ1v) is 7.22. The Morgan fingerprint density at radius 3 is 2.45 bits per heavy atom. The van der Waals surface area contributed by atoms with Crippen molar-refractivity contribution in [3.05, 3.63) is 62.5 Å². The van der Waals surface area contributed by atoms with E-state index in [1.807, 2.05) is 0 Å². The summed E-state index contributed by atoms with van der Waals surface area (Å²) in [7, 11) is 0. The molecule has 104 valence electrons. The maximum Gasteiger partial charge on any atom is 0.330 e. The van der Waals surface area contributed by atoms with E-state index < -0.39 is 12.0 Å². The van der Waals surface area contributed by atoms with Gasteiger partial charge in [0.15, 0.2) is 6.04 Å². The summed E-state index contributed by atoms with van der Waals surface area (Å²) < 4.78 is 0.631. The van der Waals surface area contributed by atoms with E-state index in [4.69, 9.17) is 23.2 Å². The van der Waals surface area contributed by atoms with E-state index >= 15 is 0 Å². The molecule has 2 rings (SSSR count). The Balaban J connectivity index is 2.34. The Hall–Kier alpha value is -1.23. The zero-order chi connectivity index (χ0) is 14.7. The van der Waals surface area contributed by atoms with Crippen LogP contribution in [0.25, 0.3) is 0 Å². The number of hydrogen-bond acceptors (Lipinski definition) is 2. The summed E-state index contributed by atoms with van der Waals surface area (Å²) in [5, 5.41) is 13.4. The van der Waals surface area contributed by atoms with Crippen molar-refractivity contribution in [3.63, 3.8) is 0 Å². The van der Waals surface area contributed by atoms with Gasteiger partial charge in [-0.1, -0.05) is 51.3 Å². The lowest BCUT2D eigenvalue weighted by Crippen LogP contribution is -2.20.